The molecule has 2 saturated heterocycles. The van der Waals surface area contributed by atoms with Crippen LogP contribution in [0.1, 0.15) is 43.0 Å². The third-order valence-electron chi connectivity index (χ3n) is 5.71. The highest BCUT2D eigenvalue weighted by molar-refractivity contribution is 7.86. The van der Waals surface area contributed by atoms with Crippen LogP contribution in [-0.2, 0) is 14.9 Å². The number of carbonyl (C=O) groups is 1. The molecule has 2 aliphatic heterocycles. The first-order valence-corrected chi connectivity index (χ1v) is 12.1. The van der Waals surface area contributed by atoms with Crippen LogP contribution in [0.4, 0.5) is 0 Å². The van der Waals surface area contributed by atoms with Gasteiger partial charge in [0.15, 0.2) is 0 Å². The molecule has 8 nitrogen and oxygen atoms in total. The average Bonchev–Trinajstić information content (AvgIpc) is 3.25. The van der Waals surface area contributed by atoms with Gasteiger partial charge in [0.05, 0.1) is 6.10 Å². The van der Waals surface area contributed by atoms with Crippen molar-refractivity contribution in [2.24, 2.45) is 0 Å². The highest BCUT2D eigenvalue weighted by atomic mass is 32.2. The third-order valence-corrected chi connectivity index (χ3v) is 7.65. The van der Waals surface area contributed by atoms with Crippen LogP contribution < -0.4 is 4.74 Å². The summed E-state index contributed by atoms with van der Waals surface area (Å²) in [5.74, 6) is 0.699. The van der Waals surface area contributed by atoms with Crippen molar-refractivity contribution in [1.82, 2.24) is 13.5 Å². The van der Waals surface area contributed by atoms with Gasteiger partial charge in [-0.2, -0.15) is 17.0 Å². The molecule has 0 aliphatic carbocycles. The molecule has 0 saturated carbocycles. The molecule has 1 aromatic carbocycles. The number of hydrogen-bond acceptors (Lipinski definition) is 5. The van der Waals surface area contributed by atoms with Gasteiger partial charge in [-0.25, -0.2) is 0 Å². The SMILES string of the molecule is CCN(C[C@@H]1CCCO1)C(=O)c1ccc(OC2CCN(S(=O)(=O)N(C)C)CC2)cc1. The Bertz CT molecular complexity index is 798. The van der Waals surface area contributed by atoms with Crippen molar-refractivity contribution >= 4 is 16.1 Å². The van der Waals surface area contributed by atoms with E-state index in [1.807, 2.05) is 24.0 Å². The average molecular weight is 440 g/mol. The summed E-state index contributed by atoms with van der Waals surface area (Å²) >= 11 is 0. The van der Waals surface area contributed by atoms with Crippen LogP contribution in [-0.4, -0.2) is 86.9 Å². The molecule has 2 fully saturated rings. The zero-order valence-corrected chi connectivity index (χ0v) is 18.9. The van der Waals surface area contributed by atoms with Crippen LogP contribution in [0.3, 0.4) is 0 Å². The lowest BCUT2D eigenvalue weighted by molar-refractivity contribution is 0.0539. The fourth-order valence-corrected chi connectivity index (χ4v) is 4.99. The first-order valence-electron chi connectivity index (χ1n) is 10.7. The molecule has 9 heteroatoms. The van der Waals surface area contributed by atoms with Crippen LogP contribution >= 0.6 is 0 Å². The molecule has 1 atom stereocenters. The summed E-state index contributed by atoms with van der Waals surface area (Å²) in [5, 5.41) is 0. The molecule has 0 bridgehead atoms. The van der Waals surface area contributed by atoms with Crippen LogP contribution in [0.15, 0.2) is 24.3 Å². The van der Waals surface area contributed by atoms with E-state index in [1.54, 1.807) is 26.2 Å². The molecule has 0 aromatic heterocycles. The normalized spacial score (nSPS) is 21.1. The van der Waals surface area contributed by atoms with E-state index in [4.69, 9.17) is 9.47 Å². The first-order chi connectivity index (χ1) is 14.3. The molecule has 0 radical (unpaired) electrons. The van der Waals surface area contributed by atoms with Crippen molar-refractivity contribution in [2.75, 3.05) is 46.9 Å². The highest BCUT2D eigenvalue weighted by Gasteiger charge is 2.30. The Kier molecular flexibility index (Phi) is 7.73. The number of ether oxygens (including phenoxy) is 2. The maximum atomic E-state index is 12.8. The van der Waals surface area contributed by atoms with E-state index < -0.39 is 10.2 Å². The van der Waals surface area contributed by atoms with Gasteiger partial charge in [0, 0.05) is 52.4 Å². The summed E-state index contributed by atoms with van der Waals surface area (Å²) in [6, 6.07) is 7.22. The minimum atomic E-state index is -3.37. The predicted molar refractivity (Wildman–Crippen MR) is 115 cm³/mol. The van der Waals surface area contributed by atoms with Crippen LogP contribution in [0.5, 0.6) is 5.75 Å². The van der Waals surface area contributed by atoms with E-state index >= 15 is 0 Å². The number of carbonyl (C=O) groups excluding carboxylic acids is 1. The Balaban J connectivity index is 1.52. The molecular weight excluding hydrogens is 406 g/mol. The molecule has 0 spiro atoms. The number of piperidine rings is 1. The van der Waals surface area contributed by atoms with Gasteiger partial charge in [0.1, 0.15) is 11.9 Å². The lowest BCUT2D eigenvalue weighted by atomic mass is 10.1. The summed E-state index contributed by atoms with van der Waals surface area (Å²) in [5.41, 5.74) is 0.633. The largest absolute Gasteiger partial charge is 0.490 e. The maximum Gasteiger partial charge on any atom is 0.281 e. The fraction of sp³-hybridized carbons (Fsp3) is 0.667. The number of rotatable bonds is 8. The number of benzene rings is 1. The lowest BCUT2D eigenvalue weighted by Crippen LogP contribution is -2.46. The topological polar surface area (TPSA) is 79.4 Å². The number of nitrogens with zero attached hydrogens (tertiary/aromatic N) is 3. The van der Waals surface area contributed by atoms with E-state index in [1.165, 1.54) is 8.61 Å². The molecule has 0 N–H and O–H groups in total. The van der Waals surface area contributed by atoms with Crippen molar-refractivity contribution in [1.29, 1.82) is 0 Å². The predicted octanol–water partition coefficient (Wildman–Crippen LogP) is 1.98. The molecule has 1 aromatic rings. The summed E-state index contributed by atoms with van der Waals surface area (Å²) in [6.45, 7) is 4.91. The van der Waals surface area contributed by atoms with E-state index in [9.17, 15) is 13.2 Å². The fourth-order valence-electron chi connectivity index (χ4n) is 3.85. The third kappa shape index (κ3) is 5.51. The lowest BCUT2D eigenvalue weighted by Gasteiger charge is -2.32. The van der Waals surface area contributed by atoms with Crippen molar-refractivity contribution < 1.29 is 22.7 Å². The van der Waals surface area contributed by atoms with Crippen molar-refractivity contribution in [3.05, 3.63) is 29.8 Å². The zero-order valence-electron chi connectivity index (χ0n) is 18.1. The maximum absolute atomic E-state index is 12.8. The van der Waals surface area contributed by atoms with E-state index in [0.29, 0.717) is 50.3 Å². The van der Waals surface area contributed by atoms with Crippen molar-refractivity contribution in [2.45, 2.75) is 44.8 Å². The first kappa shape index (κ1) is 23.0. The van der Waals surface area contributed by atoms with Gasteiger partial charge in [-0.1, -0.05) is 0 Å². The standard InChI is InChI=1S/C21H33N3O5S/c1-4-23(16-20-6-5-15-28-20)21(25)17-7-9-18(10-8-17)29-19-11-13-24(14-12-19)30(26,27)22(2)3/h7-10,19-20H,4-6,11-16H2,1-3H3/t20-/m0/s1. The van der Waals surface area contributed by atoms with Gasteiger partial charge in [0.2, 0.25) is 0 Å². The van der Waals surface area contributed by atoms with E-state index in [-0.39, 0.29) is 18.1 Å². The number of hydrogen-bond donors (Lipinski definition) is 0. The summed E-state index contributed by atoms with van der Waals surface area (Å²) in [6.07, 6.45) is 3.44. The summed E-state index contributed by atoms with van der Waals surface area (Å²) in [4.78, 5) is 14.6. The Hall–Kier alpha value is -1.68. The minimum absolute atomic E-state index is 0.00162. The van der Waals surface area contributed by atoms with Crippen molar-refractivity contribution in [3.8, 4) is 5.75 Å². The monoisotopic (exact) mass is 439 g/mol. The molecule has 30 heavy (non-hydrogen) atoms. The number of amides is 1. The molecule has 168 valence electrons. The quantitative estimate of drug-likeness (QED) is 0.619. The molecule has 3 rings (SSSR count). The van der Waals surface area contributed by atoms with E-state index in [0.717, 1.165) is 19.4 Å². The molecule has 1 amide bonds. The second-order valence-electron chi connectivity index (χ2n) is 8.01. The number of likely N-dealkylation sites (N-methyl/N-ethyl adjacent to an activating group) is 1. The summed E-state index contributed by atoms with van der Waals surface area (Å²) < 4.78 is 38.8. The van der Waals surface area contributed by atoms with Gasteiger partial charge >= 0.3 is 0 Å². The van der Waals surface area contributed by atoms with Gasteiger partial charge in [0.25, 0.3) is 16.1 Å². The molecule has 2 aliphatic rings. The highest BCUT2D eigenvalue weighted by Crippen LogP contribution is 2.22. The molecule has 2 heterocycles. The minimum Gasteiger partial charge on any atom is -0.490 e. The van der Waals surface area contributed by atoms with Gasteiger partial charge in [-0.3, -0.25) is 4.79 Å². The van der Waals surface area contributed by atoms with Gasteiger partial charge < -0.3 is 14.4 Å². The Morgan fingerprint density at radius 3 is 2.37 bits per heavy atom. The molecule has 0 unspecified atom stereocenters. The Labute approximate surface area is 179 Å². The smallest absolute Gasteiger partial charge is 0.281 e. The van der Waals surface area contributed by atoms with Crippen LogP contribution in [0.25, 0.3) is 0 Å². The van der Waals surface area contributed by atoms with Crippen LogP contribution in [0.2, 0.25) is 0 Å². The van der Waals surface area contributed by atoms with Crippen molar-refractivity contribution in [3.63, 3.8) is 0 Å². The van der Waals surface area contributed by atoms with Gasteiger partial charge in [-0.05, 0) is 56.9 Å². The van der Waals surface area contributed by atoms with Gasteiger partial charge in [-0.15, -0.1) is 0 Å². The Morgan fingerprint density at radius 1 is 1.17 bits per heavy atom. The second kappa shape index (κ2) is 10.1. The Morgan fingerprint density at radius 2 is 1.83 bits per heavy atom. The second-order valence-corrected chi connectivity index (χ2v) is 10.2. The molecular formula is C21H33N3O5S. The zero-order chi connectivity index (χ0) is 21.7. The van der Waals surface area contributed by atoms with E-state index in [2.05, 4.69) is 0 Å². The summed E-state index contributed by atoms with van der Waals surface area (Å²) in [7, 11) is -0.285. The van der Waals surface area contributed by atoms with Crippen LogP contribution in [0, 0.1) is 0 Å².